The lowest BCUT2D eigenvalue weighted by Gasteiger charge is -2.12. The summed E-state index contributed by atoms with van der Waals surface area (Å²) in [5, 5.41) is -0.711. The highest BCUT2D eigenvalue weighted by Crippen LogP contribution is 2.37. The summed E-state index contributed by atoms with van der Waals surface area (Å²) in [6, 6.07) is 2.01. The van der Waals surface area contributed by atoms with E-state index < -0.39 is 28.4 Å². The van der Waals surface area contributed by atoms with Crippen molar-refractivity contribution in [3.8, 4) is 0 Å². The minimum Gasteiger partial charge on any atom is -0.300 e. The van der Waals surface area contributed by atoms with Gasteiger partial charge in [-0.15, -0.1) is 0 Å². The Morgan fingerprint density at radius 1 is 1.38 bits per heavy atom. The fourth-order valence-corrected chi connectivity index (χ4v) is 1.51. The van der Waals surface area contributed by atoms with Gasteiger partial charge in [0, 0.05) is 6.42 Å². The van der Waals surface area contributed by atoms with Gasteiger partial charge < -0.3 is 0 Å². The number of ketones is 1. The van der Waals surface area contributed by atoms with Crippen LogP contribution in [-0.2, 0) is 17.4 Å². The Bertz CT molecular complexity index is 426. The van der Waals surface area contributed by atoms with Crippen molar-refractivity contribution in [1.82, 2.24) is 0 Å². The van der Waals surface area contributed by atoms with Crippen LogP contribution in [0.1, 0.15) is 18.1 Å². The molecule has 0 N–H and O–H groups in total. The van der Waals surface area contributed by atoms with Crippen LogP contribution < -0.4 is 0 Å². The van der Waals surface area contributed by atoms with Crippen LogP contribution in [0.15, 0.2) is 12.1 Å². The molecule has 1 rings (SSSR count). The minimum atomic E-state index is -4.87. The average Bonchev–Trinajstić information content (AvgIpc) is 2.07. The molecule has 0 fully saturated rings. The first-order chi connectivity index (χ1) is 7.23. The van der Waals surface area contributed by atoms with Crippen LogP contribution in [0.3, 0.4) is 0 Å². The van der Waals surface area contributed by atoms with Gasteiger partial charge in [-0.05, 0) is 18.6 Å². The lowest BCUT2D eigenvalue weighted by molar-refractivity contribution is -0.140. The number of benzene rings is 1. The van der Waals surface area contributed by atoms with Crippen LogP contribution in [0.2, 0.25) is 5.02 Å². The summed E-state index contributed by atoms with van der Waals surface area (Å²) < 4.78 is 50.7. The predicted molar refractivity (Wildman–Crippen MR) is 50.8 cm³/mol. The molecule has 0 aliphatic carbocycles. The Morgan fingerprint density at radius 2 is 1.94 bits per heavy atom. The van der Waals surface area contributed by atoms with Crippen molar-refractivity contribution in [2.45, 2.75) is 19.5 Å². The fraction of sp³-hybridized carbons (Fsp3) is 0.300. The van der Waals surface area contributed by atoms with Gasteiger partial charge in [0.1, 0.15) is 17.2 Å². The normalized spacial score (nSPS) is 11.6. The monoisotopic (exact) mass is 254 g/mol. The molecule has 0 aromatic heterocycles. The van der Waals surface area contributed by atoms with E-state index in [1.165, 1.54) is 6.92 Å². The van der Waals surface area contributed by atoms with Gasteiger partial charge >= 0.3 is 6.18 Å². The van der Waals surface area contributed by atoms with Crippen molar-refractivity contribution in [2.75, 3.05) is 0 Å². The number of carbonyl (C=O) groups is 1. The lowest BCUT2D eigenvalue weighted by atomic mass is 10.0. The van der Waals surface area contributed by atoms with Crippen molar-refractivity contribution in [3.05, 3.63) is 34.1 Å². The van der Waals surface area contributed by atoms with Crippen molar-refractivity contribution in [1.29, 1.82) is 0 Å². The van der Waals surface area contributed by atoms with Crippen molar-refractivity contribution < 1.29 is 22.4 Å². The first-order valence-corrected chi connectivity index (χ1v) is 4.64. The summed E-state index contributed by atoms with van der Waals surface area (Å²) in [6.45, 7) is 1.17. The Morgan fingerprint density at radius 3 is 2.38 bits per heavy atom. The molecule has 0 unspecified atom stereocenters. The van der Waals surface area contributed by atoms with Gasteiger partial charge in [-0.1, -0.05) is 17.7 Å². The first kappa shape index (κ1) is 13.0. The highest BCUT2D eigenvalue weighted by atomic mass is 35.5. The van der Waals surface area contributed by atoms with E-state index in [2.05, 4.69) is 0 Å². The summed E-state index contributed by atoms with van der Waals surface area (Å²) >= 11 is 5.28. The molecule has 16 heavy (non-hydrogen) atoms. The zero-order valence-electron chi connectivity index (χ0n) is 8.16. The molecular weight excluding hydrogens is 248 g/mol. The molecule has 1 nitrogen and oxygen atoms in total. The standard InChI is InChI=1S/C10H7ClF4O/c1-5(16)4-6-2-3-7(11)8(9(6)12)10(13,14)15/h2-3H,4H2,1H3. The van der Waals surface area contributed by atoms with Crippen molar-refractivity contribution >= 4 is 17.4 Å². The van der Waals surface area contributed by atoms with Gasteiger partial charge in [0.2, 0.25) is 0 Å². The van der Waals surface area contributed by atoms with Crippen LogP contribution in [0, 0.1) is 5.82 Å². The third-order valence-corrected chi connectivity index (χ3v) is 2.21. The average molecular weight is 255 g/mol. The van der Waals surface area contributed by atoms with E-state index in [4.69, 9.17) is 11.6 Å². The van der Waals surface area contributed by atoms with Gasteiger partial charge in [-0.25, -0.2) is 4.39 Å². The SMILES string of the molecule is CC(=O)Cc1ccc(Cl)c(C(F)(F)F)c1F. The van der Waals surface area contributed by atoms with E-state index in [9.17, 15) is 22.4 Å². The second-order valence-electron chi connectivity index (χ2n) is 3.27. The zero-order chi connectivity index (χ0) is 12.5. The van der Waals surface area contributed by atoms with Crippen LogP contribution in [-0.4, -0.2) is 5.78 Å². The number of halogens is 5. The van der Waals surface area contributed by atoms with Crippen molar-refractivity contribution in [3.63, 3.8) is 0 Å². The molecule has 0 heterocycles. The number of carbonyl (C=O) groups excluding carboxylic acids is 1. The van der Waals surface area contributed by atoms with Gasteiger partial charge in [0.15, 0.2) is 0 Å². The van der Waals surface area contributed by atoms with E-state index in [1.807, 2.05) is 0 Å². The predicted octanol–water partition coefficient (Wildman–Crippen LogP) is 3.63. The number of alkyl halides is 3. The molecule has 0 radical (unpaired) electrons. The molecule has 0 saturated heterocycles. The lowest BCUT2D eigenvalue weighted by Crippen LogP contribution is -2.12. The Kier molecular flexibility index (Phi) is 3.57. The maximum absolute atomic E-state index is 13.4. The number of hydrogen-bond acceptors (Lipinski definition) is 1. The summed E-state index contributed by atoms with van der Waals surface area (Å²) in [5.74, 6) is -1.90. The van der Waals surface area contributed by atoms with Crippen LogP contribution in [0.25, 0.3) is 0 Å². The molecule has 1 aromatic rings. The molecule has 0 saturated carbocycles. The molecule has 6 heteroatoms. The molecule has 0 atom stereocenters. The Balaban J connectivity index is 3.33. The Labute approximate surface area is 94.0 Å². The topological polar surface area (TPSA) is 17.1 Å². The summed E-state index contributed by atoms with van der Waals surface area (Å²) in [4.78, 5) is 10.7. The van der Waals surface area contributed by atoms with Gasteiger partial charge in [0.25, 0.3) is 0 Å². The molecule has 0 aliphatic heterocycles. The van der Waals surface area contributed by atoms with Gasteiger partial charge in [-0.2, -0.15) is 13.2 Å². The van der Waals surface area contributed by atoms with Crippen LogP contribution >= 0.6 is 11.6 Å². The second-order valence-corrected chi connectivity index (χ2v) is 3.68. The minimum absolute atomic E-state index is 0.302. The molecule has 0 aliphatic rings. The fourth-order valence-electron chi connectivity index (χ4n) is 1.26. The van der Waals surface area contributed by atoms with Gasteiger partial charge in [0.05, 0.1) is 5.02 Å². The zero-order valence-corrected chi connectivity index (χ0v) is 8.92. The molecule has 1 aromatic carbocycles. The Hall–Kier alpha value is -1.10. The highest BCUT2D eigenvalue weighted by molar-refractivity contribution is 6.31. The molecule has 0 spiro atoms. The third-order valence-electron chi connectivity index (χ3n) is 1.89. The van der Waals surface area contributed by atoms with Crippen molar-refractivity contribution in [2.24, 2.45) is 0 Å². The van der Waals surface area contributed by atoms with E-state index in [0.717, 1.165) is 12.1 Å². The van der Waals surface area contributed by atoms with Crippen LogP contribution in [0.4, 0.5) is 17.6 Å². The molecule has 0 bridgehead atoms. The smallest absolute Gasteiger partial charge is 0.300 e. The molecule has 0 amide bonds. The number of hydrogen-bond donors (Lipinski definition) is 0. The summed E-state index contributed by atoms with van der Waals surface area (Å²) in [7, 11) is 0. The van der Waals surface area contributed by atoms with E-state index in [0.29, 0.717) is 0 Å². The third kappa shape index (κ3) is 2.72. The van der Waals surface area contributed by atoms with E-state index >= 15 is 0 Å². The number of Topliss-reactive ketones (excluding diaryl/α,β-unsaturated/α-hetero) is 1. The number of rotatable bonds is 2. The van der Waals surface area contributed by atoms with E-state index in [-0.39, 0.29) is 12.0 Å². The molecular formula is C10H7ClF4O. The molecule has 88 valence electrons. The summed E-state index contributed by atoms with van der Waals surface area (Å²) in [6.07, 6.45) is -5.25. The maximum atomic E-state index is 13.4. The van der Waals surface area contributed by atoms with E-state index in [1.54, 1.807) is 0 Å². The highest BCUT2D eigenvalue weighted by Gasteiger charge is 2.37. The largest absolute Gasteiger partial charge is 0.420 e. The first-order valence-electron chi connectivity index (χ1n) is 4.27. The quantitative estimate of drug-likeness (QED) is 0.737. The van der Waals surface area contributed by atoms with Crippen LogP contribution in [0.5, 0.6) is 0 Å². The summed E-state index contributed by atoms with van der Waals surface area (Å²) in [5.41, 5.74) is -1.82. The second kappa shape index (κ2) is 4.41. The van der Waals surface area contributed by atoms with Gasteiger partial charge in [-0.3, -0.25) is 4.79 Å². The maximum Gasteiger partial charge on any atom is 0.420 e.